The lowest BCUT2D eigenvalue weighted by Gasteiger charge is -2.17. The van der Waals surface area contributed by atoms with Gasteiger partial charge in [0.15, 0.2) is 0 Å². The summed E-state index contributed by atoms with van der Waals surface area (Å²) in [5.41, 5.74) is 3.67. The zero-order valence-electron chi connectivity index (χ0n) is 16.1. The maximum absolute atomic E-state index is 12.4. The quantitative estimate of drug-likeness (QED) is 0.851. The first-order valence-electron chi connectivity index (χ1n) is 9.36. The topological polar surface area (TPSA) is 58.6 Å². The molecule has 1 unspecified atom stereocenters. The van der Waals surface area contributed by atoms with Gasteiger partial charge in [-0.2, -0.15) is 0 Å². The van der Waals surface area contributed by atoms with Crippen molar-refractivity contribution in [2.24, 2.45) is 5.92 Å². The molecule has 2 amide bonds. The molecule has 1 aliphatic rings. The van der Waals surface area contributed by atoms with E-state index in [1.807, 2.05) is 63.2 Å². The predicted molar refractivity (Wildman–Crippen MR) is 106 cm³/mol. The van der Waals surface area contributed by atoms with E-state index in [0.29, 0.717) is 31.7 Å². The number of nitrogens with zero attached hydrogens (tertiary/aromatic N) is 1. The van der Waals surface area contributed by atoms with Crippen molar-refractivity contribution in [1.82, 2.24) is 5.32 Å². The van der Waals surface area contributed by atoms with Crippen molar-refractivity contribution >= 4 is 17.5 Å². The van der Waals surface area contributed by atoms with Gasteiger partial charge in [-0.25, -0.2) is 0 Å². The summed E-state index contributed by atoms with van der Waals surface area (Å²) in [6.45, 7) is 7.62. The fourth-order valence-electron chi connectivity index (χ4n) is 3.50. The predicted octanol–water partition coefficient (Wildman–Crippen LogP) is 3.49. The van der Waals surface area contributed by atoms with E-state index in [1.54, 1.807) is 4.90 Å². The third-order valence-corrected chi connectivity index (χ3v) is 4.70. The smallest absolute Gasteiger partial charge is 0.251 e. The van der Waals surface area contributed by atoms with E-state index >= 15 is 0 Å². The number of hydrogen-bond donors (Lipinski definition) is 1. The van der Waals surface area contributed by atoms with Gasteiger partial charge >= 0.3 is 0 Å². The highest BCUT2D eigenvalue weighted by atomic mass is 16.5. The molecule has 1 saturated heterocycles. The van der Waals surface area contributed by atoms with Gasteiger partial charge in [0, 0.05) is 36.7 Å². The van der Waals surface area contributed by atoms with E-state index in [4.69, 9.17) is 4.74 Å². The summed E-state index contributed by atoms with van der Waals surface area (Å²) in [7, 11) is 0. The molecular weight excluding hydrogens is 340 g/mol. The van der Waals surface area contributed by atoms with Crippen LogP contribution in [0.15, 0.2) is 42.5 Å². The zero-order chi connectivity index (χ0) is 19.4. The normalized spacial score (nSPS) is 16.5. The van der Waals surface area contributed by atoms with E-state index in [9.17, 15) is 9.59 Å². The number of anilines is 1. The first-order chi connectivity index (χ1) is 13.0. The summed E-state index contributed by atoms with van der Waals surface area (Å²) < 4.78 is 5.44. The molecule has 0 aromatic heterocycles. The molecule has 27 heavy (non-hydrogen) atoms. The van der Waals surface area contributed by atoms with Crippen LogP contribution in [0.1, 0.15) is 34.8 Å². The Hall–Kier alpha value is -2.82. The first-order valence-corrected chi connectivity index (χ1v) is 9.36. The summed E-state index contributed by atoms with van der Waals surface area (Å²) in [5.74, 6) is 0.905. The fourth-order valence-corrected chi connectivity index (χ4v) is 3.50. The van der Waals surface area contributed by atoms with Gasteiger partial charge in [-0.3, -0.25) is 9.59 Å². The number of rotatable bonds is 6. The van der Waals surface area contributed by atoms with Crippen molar-refractivity contribution in [3.8, 4) is 5.75 Å². The Kier molecular flexibility index (Phi) is 5.79. The molecule has 0 saturated carbocycles. The first kappa shape index (κ1) is 19.0. The van der Waals surface area contributed by atoms with Gasteiger partial charge in [0.2, 0.25) is 5.91 Å². The molecule has 5 heteroatoms. The Morgan fingerprint density at radius 2 is 1.81 bits per heavy atom. The molecule has 3 rings (SSSR count). The molecule has 2 aromatic carbocycles. The molecule has 0 spiro atoms. The third-order valence-electron chi connectivity index (χ3n) is 4.70. The summed E-state index contributed by atoms with van der Waals surface area (Å²) >= 11 is 0. The van der Waals surface area contributed by atoms with Gasteiger partial charge in [-0.05, 0) is 57.2 Å². The maximum Gasteiger partial charge on any atom is 0.251 e. The number of nitrogens with one attached hydrogen (secondary N) is 1. The van der Waals surface area contributed by atoms with Crippen molar-refractivity contribution in [2.45, 2.75) is 27.2 Å². The van der Waals surface area contributed by atoms with Crippen molar-refractivity contribution < 1.29 is 14.3 Å². The van der Waals surface area contributed by atoms with Crippen LogP contribution in [0.4, 0.5) is 5.69 Å². The molecule has 1 aliphatic heterocycles. The maximum atomic E-state index is 12.4. The number of hydrogen-bond acceptors (Lipinski definition) is 3. The summed E-state index contributed by atoms with van der Waals surface area (Å²) in [6.07, 6.45) is 0.445. The van der Waals surface area contributed by atoms with Crippen LogP contribution in [-0.2, 0) is 4.79 Å². The summed E-state index contributed by atoms with van der Waals surface area (Å²) in [6, 6.07) is 13.4. The Bertz CT molecular complexity index is 810. The SMILES string of the molecule is CCOc1ccc(N2CC(CNC(=O)c3cc(C)cc(C)c3)CC2=O)cc1. The lowest BCUT2D eigenvalue weighted by atomic mass is 10.1. The van der Waals surface area contributed by atoms with Crippen molar-refractivity contribution in [1.29, 1.82) is 0 Å². The van der Waals surface area contributed by atoms with Crippen LogP contribution in [-0.4, -0.2) is 31.5 Å². The highest BCUT2D eigenvalue weighted by Gasteiger charge is 2.30. The number of amides is 2. The standard InChI is InChI=1S/C22H26N2O3/c1-4-27-20-7-5-19(6-8-20)24-14-17(12-21(24)25)13-23-22(26)18-10-15(2)9-16(3)11-18/h5-11,17H,4,12-14H2,1-3H3,(H,23,26). The molecule has 2 aromatic rings. The van der Waals surface area contributed by atoms with Crippen LogP contribution >= 0.6 is 0 Å². The number of benzene rings is 2. The Balaban J connectivity index is 1.58. The molecule has 1 N–H and O–H groups in total. The second kappa shape index (κ2) is 8.25. The van der Waals surface area contributed by atoms with Gasteiger partial charge in [0.1, 0.15) is 5.75 Å². The van der Waals surface area contributed by atoms with Crippen LogP contribution in [0.5, 0.6) is 5.75 Å². The van der Waals surface area contributed by atoms with Gasteiger partial charge < -0.3 is 15.0 Å². The highest BCUT2D eigenvalue weighted by molar-refractivity contribution is 5.96. The Labute approximate surface area is 160 Å². The van der Waals surface area contributed by atoms with Gasteiger partial charge in [0.05, 0.1) is 6.61 Å². The second-order valence-electron chi connectivity index (χ2n) is 7.09. The van der Waals surface area contributed by atoms with E-state index in [-0.39, 0.29) is 17.7 Å². The lowest BCUT2D eigenvalue weighted by Crippen LogP contribution is -2.31. The molecule has 1 fully saturated rings. The van der Waals surface area contributed by atoms with Crippen LogP contribution < -0.4 is 15.0 Å². The molecule has 1 atom stereocenters. The minimum Gasteiger partial charge on any atom is -0.494 e. The molecular formula is C22H26N2O3. The number of aryl methyl sites for hydroxylation is 2. The van der Waals surface area contributed by atoms with Gasteiger partial charge in [-0.1, -0.05) is 17.2 Å². The largest absolute Gasteiger partial charge is 0.494 e. The Morgan fingerprint density at radius 1 is 1.15 bits per heavy atom. The molecule has 0 aliphatic carbocycles. The summed E-state index contributed by atoms with van der Waals surface area (Å²) in [5, 5.41) is 2.98. The van der Waals surface area contributed by atoms with Crippen LogP contribution in [0.3, 0.4) is 0 Å². The average molecular weight is 366 g/mol. The number of carbonyl (C=O) groups excluding carboxylic acids is 2. The minimum absolute atomic E-state index is 0.0878. The molecule has 0 bridgehead atoms. The Morgan fingerprint density at radius 3 is 2.44 bits per heavy atom. The second-order valence-corrected chi connectivity index (χ2v) is 7.09. The summed E-state index contributed by atoms with van der Waals surface area (Å²) in [4.78, 5) is 26.6. The van der Waals surface area contributed by atoms with Crippen molar-refractivity contribution in [2.75, 3.05) is 24.6 Å². The van der Waals surface area contributed by atoms with Crippen molar-refractivity contribution in [3.63, 3.8) is 0 Å². The molecule has 1 heterocycles. The van der Waals surface area contributed by atoms with E-state index in [0.717, 1.165) is 22.6 Å². The third kappa shape index (κ3) is 4.67. The van der Waals surface area contributed by atoms with E-state index in [2.05, 4.69) is 5.32 Å². The van der Waals surface area contributed by atoms with E-state index in [1.165, 1.54) is 0 Å². The van der Waals surface area contributed by atoms with Crippen LogP contribution in [0.2, 0.25) is 0 Å². The van der Waals surface area contributed by atoms with Crippen molar-refractivity contribution in [3.05, 3.63) is 59.2 Å². The average Bonchev–Trinajstić information content (AvgIpc) is 3.00. The van der Waals surface area contributed by atoms with Crippen LogP contribution in [0.25, 0.3) is 0 Å². The molecule has 0 radical (unpaired) electrons. The number of ether oxygens (including phenoxy) is 1. The molecule has 142 valence electrons. The monoisotopic (exact) mass is 366 g/mol. The fraction of sp³-hybridized carbons (Fsp3) is 0.364. The van der Waals surface area contributed by atoms with Crippen LogP contribution in [0, 0.1) is 19.8 Å². The van der Waals surface area contributed by atoms with Gasteiger partial charge in [0.25, 0.3) is 5.91 Å². The van der Waals surface area contributed by atoms with E-state index < -0.39 is 0 Å². The van der Waals surface area contributed by atoms with Gasteiger partial charge in [-0.15, -0.1) is 0 Å². The molecule has 5 nitrogen and oxygen atoms in total. The lowest BCUT2D eigenvalue weighted by molar-refractivity contribution is -0.117. The minimum atomic E-state index is -0.0891. The number of carbonyl (C=O) groups is 2. The zero-order valence-corrected chi connectivity index (χ0v) is 16.1. The highest BCUT2D eigenvalue weighted by Crippen LogP contribution is 2.26.